The average molecular weight is 264 g/mol. The standard InChI is InChI=1S/C15H24N2O2/c1-3-18-14-6-4-5-7-15(14)19-11-9-16-13-8-10-17(2)12-13/h4-7,13,16H,3,8-12H2,1-2H3. The fourth-order valence-electron chi connectivity index (χ4n) is 2.37. The first-order chi connectivity index (χ1) is 9.29. The zero-order valence-electron chi connectivity index (χ0n) is 11.9. The molecule has 19 heavy (non-hydrogen) atoms. The average Bonchev–Trinajstić information content (AvgIpc) is 2.83. The van der Waals surface area contributed by atoms with E-state index < -0.39 is 0 Å². The second-order valence-corrected chi connectivity index (χ2v) is 4.93. The topological polar surface area (TPSA) is 33.7 Å². The fourth-order valence-corrected chi connectivity index (χ4v) is 2.37. The number of likely N-dealkylation sites (N-methyl/N-ethyl adjacent to an activating group) is 1. The quantitative estimate of drug-likeness (QED) is 0.761. The lowest BCUT2D eigenvalue weighted by atomic mass is 10.2. The van der Waals surface area contributed by atoms with Gasteiger partial charge in [-0.05, 0) is 39.1 Å². The van der Waals surface area contributed by atoms with Crippen molar-refractivity contribution in [2.45, 2.75) is 19.4 Å². The third kappa shape index (κ3) is 4.40. The van der Waals surface area contributed by atoms with Crippen LogP contribution in [-0.4, -0.2) is 50.8 Å². The number of likely N-dealkylation sites (tertiary alicyclic amines) is 1. The molecule has 1 aliphatic rings. The number of ether oxygens (including phenoxy) is 2. The summed E-state index contributed by atoms with van der Waals surface area (Å²) in [7, 11) is 2.16. The molecular formula is C15H24N2O2. The SMILES string of the molecule is CCOc1ccccc1OCCNC1CCN(C)C1. The lowest BCUT2D eigenvalue weighted by Crippen LogP contribution is -2.34. The molecule has 0 saturated carbocycles. The van der Waals surface area contributed by atoms with Gasteiger partial charge in [0.2, 0.25) is 0 Å². The molecule has 0 bridgehead atoms. The zero-order valence-corrected chi connectivity index (χ0v) is 11.9. The van der Waals surface area contributed by atoms with E-state index in [0.29, 0.717) is 19.3 Å². The summed E-state index contributed by atoms with van der Waals surface area (Å²) in [6.45, 7) is 6.51. The second-order valence-electron chi connectivity index (χ2n) is 4.93. The molecule has 1 fully saturated rings. The second kappa shape index (κ2) is 7.36. The lowest BCUT2D eigenvalue weighted by molar-refractivity contribution is 0.271. The Morgan fingerprint density at radius 2 is 2.00 bits per heavy atom. The number of hydrogen-bond acceptors (Lipinski definition) is 4. The summed E-state index contributed by atoms with van der Waals surface area (Å²) in [5.74, 6) is 1.65. The van der Waals surface area contributed by atoms with E-state index in [0.717, 1.165) is 24.6 Å². The van der Waals surface area contributed by atoms with E-state index in [2.05, 4.69) is 17.3 Å². The van der Waals surface area contributed by atoms with Crippen molar-refractivity contribution in [1.29, 1.82) is 0 Å². The summed E-state index contributed by atoms with van der Waals surface area (Å²) in [6.07, 6.45) is 1.23. The Morgan fingerprint density at radius 1 is 1.26 bits per heavy atom. The van der Waals surface area contributed by atoms with Gasteiger partial charge in [0.05, 0.1) is 6.61 Å². The molecular weight excluding hydrogens is 240 g/mol. The largest absolute Gasteiger partial charge is 0.490 e. The van der Waals surface area contributed by atoms with E-state index in [1.165, 1.54) is 13.0 Å². The molecule has 106 valence electrons. The molecule has 2 rings (SSSR count). The Kier molecular flexibility index (Phi) is 5.48. The van der Waals surface area contributed by atoms with Crippen LogP contribution in [0, 0.1) is 0 Å². The maximum Gasteiger partial charge on any atom is 0.161 e. The highest BCUT2D eigenvalue weighted by atomic mass is 16.5. The molecule has 4 heteroatoms. The molecule has 4 nitrogen and oxygen atoms in total. The molecule has 1 heterocycles. The predicted octanol–water partition coefficient (Wildman–Crippen LogP) is 1.76. The summed E-state index contributed by atoms with van der Waals surface area (Å²) in [4.78, 5) is 2.35. The lowest BCUT2D eigenvalue weighted by Gasteiger charge is -2.14. The Balaban J connectivity index is 1.70. The van der Waals surface area contributed by atoms with Crippen molar-refractivity contribution < 1.29 is 9.47 Å². The van der Waals surface area contributed by atoms with Crippen LogP contribution in [0.4, 0.5) is 0 Å². The van der Waals surface area contributed by atoms with Gasteiger partial charge >= 0.3 is 0 Å². The van der Waals surface area contributed by atoms with Crippen molar-refractivity contribution in [2.24, 2.45) is 0 Å². The Hall–Kier alpha value is -1.26. The molecule has 0 radical (unpaired) electrons. The number of para-hydroxylation sites is 2. The van der Waals surface area contributed by atoms with Crippen LogP contribution >= 0.6 is 0 Å². The van der Waals surface area contributed by atoms with Crippen LogP contribution in [0.15, 0.2) is 24.3 Å². The first-order valence-electron chi connectivity index (χ1n) is 7.06. The molecule has 0 amide bonds. The third-order valence-electron chi connectivity index (χ3n) is 3.33. The maximum atomic E-state index is 5.78. The predicted molar refractivity (Wildman–Crippen MR) is 77.0 cm³/mol. The molecule has 1 atom stereocenters. The van der Waals surface area contributed by atoms with Crippen molar-refractivity contribution >= 4 is 0 Å². The summed E-state index contributed by atoms with van der Waals surface area (Å²) < 4.78 is 11.3. The van der Waals surface area contributed by atoms with Gasteiger partial charge in [0.1, 0.15) is 6.61 Å². The number of rotatable bonds is 7. The molecule has 1 unspecified atom stereocenters. The normalized spacial score (nSPS) is 19.6. The first kappa shape index (κ1) is 14.2. The Labute approximate surface area is 115 Å². The monoisotopic (exact) mass is 264 g/mol. The minimum Gasteiger partial charge on any atom is -0.490 e. The van der Waals surface area contributed by atoms with Gasteiger partial charge in [-0.25, -0.2) is 0 Å². The van der Waals surface area contributed by atoms with Crippen molar-refractivity contribution in [3.05, 3.63) is 24.3 Å². The zero-order chi connectivity index (χ0) is 13.5. The van der Waals surface area contributed by atoms with Gasteiger partial charge in [-0.15, -0.1) is 0 Å². The van der Waals surface area contributed by atoms with Gasteiger partial charge in [0.15, 0.2) is 11.5 Å². The van der Waals surface area contributed by atoms with E-state index in [4.69, 9.17) is 9.47 Å². The Bertz CT molecular complexity index is 384. The van der Waals surface area contributed by atoms with Crippen LogP contribution in [0.5, 0.6) is 11.5 Å². The van der Waals surface area contributed by atoms with E-state index >= 15 is 0 Å². The van der Waals surface area contributed by atoms with Crippen LogP contribution in [0.2, 0.25) is 0 Å². The van der Waals surface area contributed by atoms with Gasteiger partial charge in [0.25, 0.3) is 0 Å². The Morgan fingerprint density at radius 3 is 2.63 bits per heavy atom. The van der Waals surface area contributed by atoms with Crippen molar-refractivity contribution in [3.63, 3.8) is 0 Å². The van der Waals surface area contributed by atoms with E-state index in [-0.39, 0.29) is 0 Å². The third-order valence-corrected chi connectivity index (χ3v) is 3.33. The van der Waals surface area contributed by atoms with Crippen LogP contribution in [0.25, 0.3) is 0 Å². The summed E-state index contributed by atoms with van der Waals surface area (Å²) in [6, 6.07) is 8.43. The minimum atomic E-state index is 0.607. The summed E-state index contributed by atoms with van der Waals surface area (Å²) >= 11 is 0. The summed E-state index contributed by atoms with van der Waals surface area (Å²) in [5.41, 5.74) is 0. The summed E-state index contributed by atoms with van der Waals surface area (Å²) in [5, 5.41) is 3.53. The van der Waals surface area contributed by atoms with Crippen LogP contribution in [-0.2, 0) is 0 Å². The van der Waals surface area contributed by atoms with Crippen molar-refractivity contribution in [2.75, 3.05) is 39.9 Å². The van der Waals surface area contributed by atoms with Crippen LogP contribution in [0.1, 0.15) is 13.3 Å². The van der Waals surface area contributed by atoms with E-state index in [9.17, 15) is 0 Å². The van der Waals surface area contributed by atoms with E-state index in [1.807, 2.05) is 31.2 Å². The molecule has 0 aromatic heterocycles. The number of nitrogens with one attached hydrogen (secondary N) is 1. The highest BCUT2D eigenvalue weighted by molar-refractivity contribution is 5.39. The van der Waals surface area contributed by atoms with Crippen LogP contribution in [0.3, 0.4) is 0 Å². The number of nitrogens with zero attached hydrogens (tertiary/aromatic N) is 1. The maximum absolute atomic E-state index is 5.78. The highest BCUT2D eigenvalue weighted by Gasteiger charge is 2.18. The molecule has 1 N–H and O–H groups in total. The van der Waals surface area contributed by atoms with Gasteiger partial charge in [0, 0.05) is 19.1 Å². The van der Waals surface area contributed by atoms with Crippen molar-refractivity contribution in [3.8, 4) is 11.5 Å². The molecule has 0 spiro atoms. The minimum absolute atomic E-state index is 0.607. The smallest absolute Gasteiger partial charge is 0.161 e. The highest BCUT2D eigenvalue weighted by Crippen LogP contribution is 2.26. The van der Waals surface area contributed by atoms with E-state index in [1.54, 1.807) is 0 Å². The van der Waals surface area contributed by atoms with Crippen molar-refractivity contribution in [1.82, 2.24) is 10.2 Å². The van der Waals surface area contributed by atoms with Gasteiger partial charge in [-0.1, -0.05) is 12.1 Å². The molecule has 0 aliphatic carbocycles. The number of hydrogen-bond donors (Lipinski definition) is 1. The first-order valence-corrected chi connectivity index (χ1v) is 7.06. The molecule has 1 aliphatic heterocycles. The molecule has 1 aromatic rings. The molecule has 1 saturated heterocycles. The fraction of sp³-hybridized carbons (Fsp3) is 0.600. The molecule has 1 aromatic carbocycles. The van der Waals surface area contributed by atoms with Crippen LogP contribution < -0.4 is 14.8 Å². The van der Waals surface area contributed by atoms with Gasteiger partial charge < -0.3 is 19.7 Å². The van der Waals surface area contributed by atoms with Gasteiger partial charge in [-0.2, -0.15) is 0 Å². The number of benzene rings is 1. The van der Waals surface area contributed by atoms with Gasteiger partial charge in [-0.3, -0.25) is 0 Å².